The van der Waals surface area contributed by atoms with Crippen LogP contribution >= 0.6 is 0 Å². The molecule has 0 heterocycles. The number of hydrogen-bond donors (Lipinski definition) is 1. The molecule has 0 aliphatic heterocycles. The highest BCUT2D eigenvalue weighted by Crippen LogP contribution is 2.28. The Labute approximate surface area is 181 Å². The second-order valence-corrected chi connectivity index (χ2v) is 7.19. The minimum Gasteiger partial charge on any atom is -0.497 e. The average molecular weight is 413 g/mol. The molecule has 0 aliphatic rings. The molecule has 2 amide bonds. The number of methoxy groups -OCH3 is 1. The SMILES string of the molecule is COc1cccc(C(C(N)=O)N(Cc2ccc(C)cc2)C(=O)c2ccc(C#N)cc2)c1. The van der Waals surface area contributed by atoms with Gasteiger partial charge in [0.25, 0.3) is 5.91 Å². The molecule has 6 nitrogen and oxygen atoms in total. The lowest BCUT2D eigenvalue weighted by Gasteiger charge is -2.30. The number of rotatable bonds is 7. The number of carbonyl (C=O) groups excluding carboxylic acids is 2. The number of primary amides is 1. The average Bonchev–Trinajstić information content (AvgIpc) is 2.79. The standard InChI is InChI=1S/C25H23N3O3/c1-17-6-8-19(9-7-17)16-28(25(30)20-12-10-18(15-26)11-13-20)23(24(27)29)21-4-3-5-22(14-21)31-2/h3-14,23H,16H2,1-2H3,(H2,27,29). The van der Waals surface area contributed by atoms with E-state index in [9.17, 15) is 9.59 Å². The molecular weight excluding hydrogens is 390 g/mol. The van der Waals surface area contributed by atoms with Gasteiger partial charge in [-0.3, -0.25) is 9.59 Å². The van der Waals surface area contributed by atoms with E-state index in [0.717, 1.165) is 11.1 Å². The Morgan fingerprint density at radius 2 is 1.74 bits per heavy atom. The number of amides is 2. The van der Waals surface area contributed by atoms with Gasteiger partial charge in [-0.25, -0.2) is 0 Å². The fourth-order valence-electron chi connectivity index (χ4n) is 3.33. The van der Waals surface area contributed by atoms with Gasteiger partial charge >= 0.3 is 0 Å². The van der Waals surface area contributed by atoms with Gasteiger partial charge in [-0.2, -0.15) is 5.26 Å². The lowest BCUT2D eigenvalue weighted by atomic mass is 10.0. The van der Waals surface area contributed by atoms with Crippen molar-refractivity contribution in [2.24, 2.45) is 5.73 Å². The van der Waals surface area contributed by atoms with Crippen molar-refractivity contribution < 1.29 is 14.3 Å². The van der Waals surface area contributed by atoms with Crippen LogP contribution in [0.5, 0.6) is 5.75 Å². The van der Waals surface area contributed by atoms with Gasteiger partial charge in [-0.1, -0.05) is 42.0 Å². The first-order chi connectivity index (χ1) is 14.9. The molecule has 156 valence electrons. The highest BCUT2D eigenvalue weighted by molar-refractivity contribution is 5.97. The topological polar surface area (TPSA) is 96.4 Å². The highest BCUT2D eigenvalue weighted by Gasteiger charge is 2.31. The van der Waals surface area contributed by atoms with Crippen molar-refractivity contribution in [3.05, 3.63) is 101 Å². The Morgan fingerprint density at radius 3 is 2.32 bits per heavy atom. The van der Waals surface area contributed by atoms with Crippen LogP contribution in [0.15, 0.2) is 72.8 Å². The molecule has 31 heavy (non-hydrogen) atoms. The van der Waals surface area contributed by atoms with Gasteiger partial charge < -0.3 is 15.4 Å². The van der Waals surface area contributed by atoms with E-state index in [1.807, 2.05) is 37.3 Å². The maximum absolute atomic E-state index is 13.5. The van der Waals surface area contributed by atoms with Crippen LogP contribution in [0.1, 0.15) is 38.7 Å². The highest BCUT2D eigenvalue weighted by atomic mass is 16.5. The quantitative estimate of drug-likeness (QED) is 0.638. The minimum atomic E-state index is -1.00. The third-order valence-electron chi connectivity index (χ3n) is 4.99. The van der Waals surface area contributed by atoms with Crippen molar-refractivity contribution in [2.75, 3.05) is 7.11 Å². The Kier molecular flexibility index (Phi) is 6.68. The van der Waals surface area contributed by atoms with E-state index >= 15 is 0 Å². The molecular formula is C25H23N3O3. The Bertz CT molecular complexity index is 1120. The van der Waals surface area contributed by atoms with E-state index in [0.29, 0.717) is 22.4 Å². The third kappa shape index (κ3) is 5.09. The molecule has 0 saturated carbocycles. The van der Waals surface area contributed by atoms with Gasteiger partial charge in [0.2, 0.25) is 5.91 Å². The van der Waals surface area contributed by atoms with Crippen LogP contribution in [-0.2, 0) is 11.3 Å². The fraction of sp³-hybridized carbons (Fsp3) is 0.160. The van der Waals surface area contributed by atoms with Crippen molar-refractivity contribution in [2.45, 2.75) is 19.5 Å². The molecule has 1 atom stereocenters. The first-order valence-corrected chi connectivity index (χ1v) is 9.73. The van der Waals surface area contributed by atoms with E-state index in [2.05, 4.69) is 0 Å². The Balaban J connectivity index is 2.07. The first-order valence-electron chi connectivity index (χ1n) is 9.73. The molecule has 6 heteroatoms. The summed E-state index contributed by atoms with van der Waals surface area (Å²) >= 11 is 0. The van der Waals surface area contributed by atoms with Crippen molar-refractivity contribution in [1.29, 1.82) is 5.26 Å². The van der Waals surface area contributed by atoms with Crippen LogP contribution < -0.4 is 10.5 Å². The number of carbonyl (C=O) groups is 2. The van der Waals surface area contributed by atoms with Crippen molar-refractivity contribution in [3.8, 4) is 11.8 Å². The molecule has 3 aromatic rings. The molecule has 0 aliphatic carbocycles. The molecule has 0 fully saturated rings. The van der Waals surface area contributed by atoms with E-state index in [1.165, 1.54) is 12.0 Å². The summed E-state index contributed by atoms with van der Waals surface area (Å²) in [5.41, 5.74) is 9.10. The summed E-state index contributed by atoms with van der Waals surface area (Å²) in [7, 11) is 1.53. The summed E-state index contributed by atoms with van der Waals surface area (Å²) in [5.74, 6) is -0.455. The number of nitriles is 1. The zero-order valence-corrected chi connectivity index (χ0v) is 17.4. The minimum absolute atomic E-state index is 0.184. The van der Waals surface area contributed by atoms with Gasteiger partial charge in [0.15, 0.2) is 0 Å². The third-order valence-corrected chi connectivity index (χ3v) is 4.99. The van der Waals surface area contributed by atoms with E-state index in [1.54, 1.807) is 48.5 Å². The lowest BCUT2D eigenvalue weighted by Crippen LogP contribution is -2.41. The largest absolute Gasteiger partial charge is 0.497 e. The van der Waals surface area contributed by atoms with E-state index < -0.39 is 11.9 Å². The van der Waals surface area contributed by atoms with E-state index in [-0.39, 0.29) is 12.5 Å². The van der Waals surface area contributed by atoms with Crippen molar-refractivity contribution >= 4 is 11.8 Å². The maximum Gasteiger partial charge on any atom is 0.255 e. The van der Waals surface area contributed by atoms with Crippen molar-refractivity contribution in [3.63, 3.8) is 0 Å². The number of benzene rings is 3. The maximum atomic E-state index is 13.5. The zero-order chi connectivity index (χ0) is 22.4. The predicted molar refractivity (Wildman–Crippen MR) is 117 cm³/mol. The molecule has 1 unspecified atom stereocenters. The van der Waals surface area contributed by atoms with Crippen LogP contribution in [0.4, 0.5) is 0 Å². The molecule has 2 N–H and O–H groups in total. The second kappa shape index (κ2) is 9.59. The molecule has 3 rings (SSSR count). The first kappa shape index (κ1) is 21.6. The summed E-state index contributed by atoms with van der Waals surface area (Å²) < 4.78 is 5.28. The van der Waals surface area contributed by atoms with E-state index in [4.69, 9.17) is 15.7 Å². The zero-order valence-electron chi connectivity index (χ0n) is 17.4. The van der Waals surface area contributed by atoms with Crippen LogP contribution in [0.3, 0.4) is 0 Å². The van der Waals surface area contributed by atoms with Crippen molar-refractivity contribution in [1.82, 2.24) is 4.90 Å². The molecule has 3 aromatic carbocycles. The number of hydrogen-bond acceptors (Lipinski definition) is 4. The number of nitrogens with zero attached hydrogens (tertiary/aromatic N) is 2. The molecule has 0 bridgehead atoms. The lowest BCUT2D eigenvalue weighted by molar-refractivity contribution is -0.122. The van der Waals surface area contributed by atoms with Gasteiger partial charge in [-0.15, -0.1) is 0 Å². The van der Waals surface area contributed by atoms with Gasteiger partial charge in [0, 0.05) is 12.1 Å². The number of nitrogens with two attached hydrogens (primary N) is 1. The molecule has 0 radical (unpaired) electrons. The number of aryl methyl sites for hydroxylation is 1. The predicted octanol–water partition coefficient (Wildman–Crippen LogP) is 3.74. The molecule has 0 aromatic heterocycles. The molecule has 0 spiro atoms. The Morgan fingerprint density at radius 1 is 1.06 bits per heavy atom. The Hall–Kier alpha value is -4.11. The van der Waals surface area contributed by atoms with Gasteiger partial charge in [-0.05, 0) is 54.4 Å². The van der Waals surface area contributed by atoms with Gasteiger partial charge in [0.1, 0.15) is 11.8 Å². The summed E-state index contributed by atoms with van der Waals surface area (Å²) in [6.45, 7) is 2.16. The van der Waals surface area contributed by atoms with Gasteiger partial charge in [0.05, 0.1) is 18.7 Å². The van der Waals surface area contributed by atoms with Crippen LogP contribution in [0, 0.1) is 18.3 Å². The summed E-state index contributed by atoms with van der Waals surface area (Å²) in [5, 5.41) is 9.03. The summed E-state index contributed by atoms with van der Waals surface area (Å²) in [6.07, 6.45) is 0. The number of ether oxygens (including phenoxy) is 1. The second-order valence-electron chi connectivity index (χ2n) is 7.19. The van der Waals surface area contributed by atoms with Crippen LogP contribution in [0.2, 0.25) is 0 Å². The van der Waals surface area contributed by atoms with Crippen LogP contribution in [0.25, 0.3) is 0 Å². The monoisotopic (exact) mass is 413 g/mol. The fourth-order valence-corrected chi connectivity index (χ4v) is 3.33. The molecule has 0 saturated heterocycles. The summed E-state index contributed by atoms with van der Waals surface area (Å²) in [4.78, 5) is 27.5. The normalized spacial score (nSPS) is 11.3. The smallest absolute Gasteiger partial charge is 0.255 e. The summed E-state index contributed by atoms with van der Waals surface area (Å²) in [6, 6.07) is 22.0. The van der Waals surface area contributed by atoms with Crippen LogP contribution in [-0.4, -0.2) is 23.8 Å².